The molecule has 3 heterocycles. The number of anilines is 3. The average Bonchev–Trinajstić information content (AvgIpc) is 3.40. The quantitative estimate of drug-likeness (QED) is 0.449. The Bertz CT molecular complexity index is 1410. The van der Waals surface area contributed by atoms with E-state index in [9.17, 15) is 8.42 Å². The molecule has 0 unspecified atom stereocenters. The van der Waals surface area contributed by atoms with Crippen molar-refractivity contribution in [2.75, 3.05) is 16.6 Å². The van der Waals surface area contributed by atoms with Crippen LogP contribution in [0.4, 0.5) is 17.2 Å². The molecule has 10 heteroatoms. The second kappa shape index (κ2) is 8.21. The van der Waals surface area contributed by atoms with E-state index in [0.29, 0.717) is 30.4 Å². The van der Waals surface area contributed by atoms with E-state index in [0.717, 1.165) is 28.4 Å². The van der Waals surface area contributed by atoms with Crippen molar-refractivity contribution >= 4 is 27.2 Å². The zero-order valence-electron chi connectivity index (χ0n) is 18.1. The molecule has 0 bridgehead atoms. The van der Waals surface area contributed by atoms with Gasteiger partial charge in [0.1, 0.15) is 5.75 Å². The van der Waals surface area contributed by atoms with E-state index in [2.05, 4.69) is 25.3 Å². The van der Waals surface area contributed by atoms with Gasteiger partial charge >= 0.3 is 0 Å². The largest absolute Gasteiger partial charge is 0.493 e. The van der Waals surface area contributed by atoms with Crippen LogP contribution in [-0.4, -0.2) is 35.0 Å². The number of rotatable bonds is 6. The van der Waals surface area contributed by atoms with Crippen molar-refractivity contribution in [3.8, 4) is 11.6 Å². The zero-order valence-corrected chi connectivity index (χ0v) is 18.9. The molecule has 9 nitrogen and oxygen atoms in total. The Kier molecular flexibility index (Phi) is 5.21. The fourth-order valence-corrected chi connectivity index (χ4v) is 4.79. The first-order valence-electron chi connectivity index (χ1n) is 10.4. The van der Waals surface area contributed by atoms with Gasteiger partial charge in [0.05, 0.1) is 17.2 Å². The molecular formula is C23H22N6O3S. The minimum atomic E-state index is -3.70. The molecule has 2 aromatic heterocycles. The molecule has 168 valence electrons. The van der Waals surface area contributed by atoms with E-state index in [1.165, 1.54) is 0 Å². The summed E-state index contributed by atoms with van der Waals surface area (Å²) in [4.78, 5) is 0.215. The third-order valence-electron chi connectivity index (χ3n) is 5.26. The number of sulfonamides is 1. The predicted molar refractivity (Wildman–Crippen MR) is 125 cm³/mol. The second-order valence-electron chi connectivity index (χ2n) is 7.79. The van der Waals surface area contributed by atoms with Crippen LogP contribution in [0.1, 0.15) is 17.0 Å². The Labute approximate surface area is 191 Å². The zero-order chi connectivity index (χ0) is 23.0. The number of aromatic nitrogens is 4. The smallest absolute Gasteiger partial charge is 0.261 e. The van der Waals surface area contributed by atoms with E-state index in [1.807, 2.05) is 32.0 Å². The standard InChI is InChI=1S/C23H22N6O3S/c1-15-13-16(2)29(27-15)23-10-9-22(25-26-23)24-18-3-5-19(6-4-18)28-33(30,31)20-7-8-21-17(14-20)11-12-32-21/h3-10,13-14,28H,11-12H2,1-2H3,(H,24,25). The lowest BCUT2D eigenvalue weighted by Crippen LogP contribution is -2.13. The van der Waals surface area contributed by atoms with Crippen molar-refractivity contribution in [3.05, 3.63) is 77.6 Å². The topological polar surface area (TPSA) is 111 Å². The molecule has 0 atom stereocenters. The third-order valence-corrected chi connectivity index (χ3v) is 6.64. The van der Waals surface area contributed by atoms with Gasteiger partial charge in [-0.3, -0.25) is 4.72 Å². The van der Waals surface area contributed by atoms with Crippen molar-refractivity contribution < 1.29 is 13.2 Å². The minimum Gasteiger partial charge on any atom is -0.493 e. The van der Waals surface area contributed by atoms with Crippen molar-refractivity contribution in [1.82, 2.24) is 20.0 Å². The molecule has 0 amide bonds. The van der Waals surface area contributed by atoms with Crippen LogP contribution in [0.15, 0.2) is 65.6 Å². The minimum absolute atomic E-state index is 0.215. The summed E-state index contributed by atoms with van der Waals surface area (Å²) in [5.74, 6) is 1.94. The van der Waals surface area contributed by atoms with Gasteiger partial charge < -0.3 is 10.1 Å². The first-order chi connectivity index (χ1) is 15.9. The molecule has 5 rings (SSSR count). The lowest BCUT2D eigenvalue weighted by molar-refractivity contribution is 0.356. The summed E-state index contributed by atoms with van der Waals surface area (Å²) in [5, 5.41) is 16.0. The number of hydrogen-bond donors (Lipinski definition) is 2. The average molecular weight is 463 g/mol. The highest BCUT2D eigenvalue weighted by Crippen LogP contribution is 2.28. The highest BCUT2D eigenvalue weighted by atomic mass is 32.2. The fourth-order valence-electron chi connectivity index (χ4n) is 3.68. The van der Waals surface area contributed by atoms with Crippen molar-refractivity contribution in [2.24, 2.45) is 0 Å². The van der Waals surface area contributed by atoms with Crippen LogP contribution in [-0.2, 0) is 16.4 Å². The Morgan fingerprint density at radius 2 is 1.73 bits per heavy atom. The van der Waals surface area contributed by atoms with Crippen LogP contribution in [0, 0.1) is 13.8 Å². The summed E-state index contributed by atoms with van der Waals surface area (Å²) in [5.41, 5.74) is 4.01. The molecule has 0 fully saturated rings. The molecule has 0 saturated carbocycles. The lowest BCUT2D eigenvalue weighted by atomic mass is 10.2. The van der Waals surface area contributed by atoms with Crippen molar-refractivity contribution in [1.29, 1.82) is 0 Å². The van der Waals surface area contributed by atoms with Gasteiger partial charge in [0, 0.05) is 23.5 Å². The summed E-state index contributed by atoms with van der Waals surface area (Å²) < 4.78 is 35.3. The van der Waals surface area contributed by atoms with Gasteiger partial charge in [-0.2, -0.15) is 5.10 Å². The van der Waals surface area contributed by atoms with Gasteiger partial charge in [-0.25, -0.2) is 13.1 Å². The van der Waals surface area contributed by atoms with E-state index < -0.39 is 10.0 Å². The molecule has 33 heavy (non-hydrogen) atoms. The molecule has 0 radical (unpaired) electrons. The fraction of sp³-hybridized carbons (Fsp3) is 0.174. The second-order valence-corrected chi connectivity index (χ2v) is 9.47. The molecule has 1 aliphatic rings. The maximum absolute atomic E-state index is 12.8. The number of benzene rings is 2. The molecule has 0 aliphatic carbocycles. The summed E-state index contributed by atoms with van der Waals surface area (Å²) in [6, 6.07) is 17.4. The summed E-state index contributed by atoms with van der Waals surface area (Å²) in [7, 11) is -3.70. The number of fused-ring (bicyclic) bond motifs is 1. The number of aryl methyl sites for hydroxylation is 2. The molecule has 0 spiro atoms. The number of hydrogen-bond acceptors (Lipinski definition) is 7. The van der Waals surface area contributed by atoms with E-state index in [4.69, 9.17) is 4.74 Å². The molecular weight excluding hydrogens is 440 g/mol. The monoisotopic (exact) mass is 462 g/mol. The van der Waals surface area contributed by atoms with E-state index in [-0.39, 0.29) is 4.90 Å². The van der Waals surface area contributed by atoms with Gasteiger partial charge in [-0.15, -0.1) is 10.2 Å². The lowest BCUT2D eigenvalue weighted by Gasteiger charge is -2.11. The van der Waals surface area contributed by atoms with Gasteiger partial charge in [0.2, 0.25) is 0 Å². The first kappa shape index (κ1) is 21.0. The molecule has 2 N–H and O–H groups in total. The van der Waals surface area contributed by atoms with Crippen LogP contribution >= 0.6 is 0 Å². The number of ether oxygens (including phenoxy) is 1. The summed E-state index contributed by atoms with van der Waals surface area (Å²) >= 11 is 0. The maximum atomic E-state index is 12.8. The summed E-state index contributed by atoms with van der Waals surface area (Å²) in [6.07, 6.45) is 0.712. The van der Waals surface area contributed by atoms with Crippen LogP contribution in [0.2, 0.25) is 0 Å². The Morgan fingerprint density at radius 3 is 2.42 bits per heavy atom. The Morgan fingerprint density at radius 1 is 0.939 bits per heavy atom. The van der Waals surface area contributed by atoms with Crippen molar-refractivity contribution in [2.45, 2.75) is 25.2 Å². The predicted octanol–water partition coefficient (Wildman–Crippen LogP) is 3.76. The normalized spacial score (nSPS) is 12.8. The third kappa shape index (κ3) is 4.37. The van der Waals surface area contributed by atoms with Gasteiger partial charge in [-0.1, -0.05) is 0 Å². The van der Waals surface area contributed by atoms with Gasteiger partial charge in [0.15, 0.2) is 11.6 Å². The van der Waals surface area contributed by atoms with Crippen LogP contribution < -0.4 is 14.8 Å². The molecule has 2 aromatic carbocycles. The van der Waals surface area contributed by atoms with E-state index in [1.54, 1.807) is 47.1 Å². The van der Waals surface area contributed by atoms with Crippen LogP contribution in [0.25, 0.3) is 5.82 Å². The van der Waals surface area contributed by atoms with Crippen LogP contribution in [0.3, 0.4) is 0 Å². The Hall–Kier alpha value is -3.92. The molecule has 1 aliphatic heterocycles. The SMILES string of the molecule is Cc1cc(C)n(-c2ccc(Nc3ccc(NS(=O)(=O)c4ccc5c(c4)CCO5)cc3)nn2)n1. The summed E-state index contributed by atoms with van der Waals surface area (Å²) in [6.45, 7) is 4.47. The molecule has 4 aromatic rings. The number of nitrogens with one attached hydrogen (secondary N) is 2. The molecule has 0 saturated heterocycles. The van der Waals surface area contributed by atoms with Gasteiger partial charge in [-0.05, 0) is 80.1 Å². The Balaban J connectivity index is 1.26. The maximum Gasteiger partial charge on any atom is 0.261 e. The van der Waals surface area contributed by atoms with Crippen molar-refractivity contribution in [3.63, 3.8) is 0 Å². The highest BCUT2D eigenvalue weighted by Gasteiger charge is 2.19. The van der Waals surface area contributed by atoms with Gasteiger partial charge in [0.25, 0.3) is 10.0 Å². The van der Waals surface area contributed by atoms with E-state index >= 15 is 0 Å². The first-order valence-corrected chi connectivity index (χ1v) is 11.9. The van der Waals surface area contributed by atoms with Crippen LogP contribution in [0.5, 0.6) is 5.75 Å². The highest BCUT2D eigenvalue weighted by molar-refractivity contribution is 7.92. The number of nitrogens with zero attached hydrogens (tertiary/aromatic N) is 4.